The maximum absolute atomic E-state index is 4.83. The zero-order valence-corrected chi connectivity index (χ0v) is 15.2. The van der Waals surface area contributed by atoms with Gasteiger partial charge in [-0.05, 0) is 28.3 Å². The second-order valence-corrected chi connectivity index (χ2v) is 7.15. The average molecular weight is 348 g/mol. The molecule has 2 heterocycles. The molecule has 27 heavy (non-hydrogen) atoms. The number of aromatic nitrogens is 1. The molecule has 3 aromatic carbocycles. The Labute approximate surface area is 159 Å². The highest BCUT2D eigenvalue weighted by molar-refractivity contribution is 6.02. The second kappa shape index (κ2) is 6.48. The Kier molecular flexibility index (Phi) is 3.83. The van der Waals surface area contributed by atoms with Crippen molar-refractivity contribution >= 4 is 22.8 Å². The van der Waals surface area contributed by atoms with E-state index in [4.69, 9.17) is 9.98 Å². The summed E-state index contributed by atoms with van der Waals surface area (Å²) in [5.41, 5.74) is 7.00. The Bertz CT molecular complexity index is 1130. The molecule has 0 radical (unpaired) electrons. The van der Waals surface area contributed by atoms with Gasteiger partial charge in [0.25, 0.3) is 0 Å². The van der Waals surface area contributed by atoms with E-state index in [9.17, 15) is 0 Å². The fourth-order valence-corrected chi connectivity index (χ4v) is 4.18. The first-order valence-electron chi connectivity index (χ1n) is 9.39. The van der Waals surface area contributed by atoms with Crippen LogP contribution in [-0.2, 0) is 0 Å². The van der Waals surface area contributed by atoms with Gasteiger partial charge in [-0.15, -0.1) is 0 Å². The fraction of sp³-hybridized carbons (Fsp3) is 0.120. The van der Waals surface area contributed by atoms with Crippen LogP contribution in [0.3, 0.4) is 0 Å². The van der Waals surface area contributed by atoms with Crippen molar-refractivity contribution in [2.24, 2.45) is 10.9 Å². The van der Waals surface area contributed by atoms with E-state index in [1.807, 2.05) is 12.3 Å². The third-order valence-corrected chi connectivity index (χ3v) is 5.46. The Morgan fingerprint density at radius 3 is 2.30 bits per heavy atom. The van der Waals surface area contributed by atoms with Crippen LogP contribution in [0.25, 0.3) is 22.0 Å². The molecule has 130 valence electrons. The van der Waals surface area contributed by atoms with Gasteiger partial charge in [-0.25, -0.2) is 0 Å². The molecule has 0 spiro atoms. The predicted molar refractivity (Wildman–Crippen MR) is 113 cm³/mol. The lowest BCUT2D eigenvalue weighted by molar-refractivity contribution is 0.663. The molecule has 0 aliphatic carbocycles. The van der Waals surface area contributed by atoms with Gasteiger partial charge in [0, 0.05) is 29.6 Å². The number of nitrogens with zero attached hydrogens (tertiary/aromatic N) is 2. The van der Waals surface area contributed by atoms with Crippen molar-refractivity contribution in [3.8, 4) is 11.1 Å². The first-order valence-corrected chi connectivity index (χ1v) is 9.39. The zero-order valence-electron chi connectivity index (χ0n) is 15.2. The van der Waals surface area contributed by atoms with Gasteiger partial charge in [0.2, 0.25) is 0 Å². The summed E-state index contributed by atoms with van der Waals surface area (Å²) in [6, 6.07) is 27.8. The van der Waals surface area contributed by atoms with E-state index in [2.05, 4.69) is 85.9 Å². The molecule has 0 saturated heterocycles. The van der Waals surface area contributed by atoms with E-state index < -0.39 is 0 Å². The van der Waals surface area contributed by atoms with Gasteiger partial charge in [0.05, 0.1) is 11.2 Å². The molecule has 0 bridgehead atoms. The molecule has 1 aromatic heterocycles. The number of aliphatic imine (C=N–C) groups is 1. The van der Waals surface area contributed by atoms with Crippen molar-refractivity contribution in [1.82, 2.24) is 4.98 Å². The van der Waals surface area contributed by atoms with Gasteiger partial charge in [-0.3, -0.25) is 9.98 Å². The van der Waals surface area contributed by atoms with E-state index in [1.165, 1.54) is 22.3 Å². The standard InChI is InChI=1S/C25H20N2/c1-17-16-27-25-22(23(17)19-10-6-3-7-11-19)13-12-21-20(14-15-26-24(21)25)18-8-4-2-5-9-18/h2-17,23H,1H3. The van der Waals surface area contributed by atoms with Crippen LogP contribution < -0.4 is 0 Å². The van der Waals surface area contributed by atoms with Crippen molar-refractivity contribution in [2.75, 3.05) is 0 Å². The number of hydrogen-bond donors (Lipinski definition) is 0. The van der Waals surface area contributed by atoms with Gasteiger partial charge in [0.15, 0.2) is 0 Å². The van der Waals surface area contributed by atoms with Crippen LogP contribution in [-0.4, -0.2) is 11.2 Å². The van der Waals surface area contributed by atoms with Gasteiger partial charge < -0.3 is 0 Å². The number of fused-ring (bicyclic) bond motifs is 3. The quantitative estimate of drug-likeness (QED) is 0.412. The summed E-state index contributed by atoms with van der Waals surface area (Å²) in [7, 11) is 0. The fourth-order valence-electron chi connectivity index (χ4n) is 4.18. The van der Waals surface area contributed by atoms with Gasteiger partial charge in [0.1, 0.15) is 0 Å². The molecule has 1 aliphatic heterocycles. The van der Waals surface area contributed by atoms with Crippen LogP contribution in [0.2, 0.25) is 0 Å². The number of pyridine rings is 1. The minimum atomic E-state index is 0.310. The lowest BCUT2D eigenvalue weighted by Crippen LogP contribution is -2.16. The molecule has 2 atom stereocenters. The molecule has 2 heteroatoms. The maximum atomic E-state index is 4.83. The van der Waals surface area contributed by atoms with Crippen LogP contribution >= 0.6 is 0 Å². The highest BCUT2D eigenvalue weighted by Gasteiger charge is 2.27. The Morgan fingerprint density at radius 2 is 1.52 bits per heavy atom. The van der Waals surface area contributed by atoms with Crippen LogP contribution in [0.15, 0.2) is 90.1 Å². The summed E-state index contributed by atoms with van der Waals surface area (Å²) in [6.45, 7) is 2.24. The molecule has 0 N–H and O–H groups in total. The van der Waals surface area contributed by atoms with Gasteiger partial charge >= 0.3 is 0 Å². The topological polar surface area (TPSA) is 25.2 Å². The summed E-state index contributed by atoms with van der Waals surface area (Å²) >= 11 is 0. The third kappa shape index (κ3) is 2.65. The maximum Gasteiger partial charge on any atom is 0.0967 e. The molecular weight excluding hydrogens is 328 g/mol. The van der Waals surface area contributed by atoms with E-state index in [1.54, 1.807) is 0 Å². The minimum Gasteiger partial charge on any atom is -0.258 e. The highest BCUT2D eigenvalue weighted by Crippen LogP contribution is 2.44. The first-order chi connectivity index (χ1) is 13.3. The number of benzene rings is 3. The molecular formula is C25H20N2. The normalized spacial score (nSPS) is 18.4. The van der Waals surface area contributed by atoms with Crippen molar-refractivity contribution in [3.63, 3.8) is 0 Å². The van der Waals surface area contributed by atoms with Crippen molar-refractivity contribution < 1.29 is 0 Å². The monoisotopic (exact) mass is 348 g/mol. The Balaban J connectivity index is 1.74. The van der Waals surface area contributed by atoms with Crippen molar-refractivity contribution in [3.05, 3.63) is 96.2 Å². The molecule has 0 amide bonds. The summed E-state index contributed by atoms with van der Waals surface area (Å²) in [4.78, 5) is 9.55. The smallest absolute Gasteiger partial charge is 0.0967 e. The first kappa shape index (κ1) is 16.0. The van der Waals surface area contributed by atoms with Gasteiger partial charge in [-0.1, -0.05) is 79.7 Å². The third-order valence-electron chi connectivity index (χ3n) is 5.46. The van der Waals surface area contributed by atoms with Crippen LogP contribution in [0.4, 0.5) is 5.69 Å². The molecule has 1 aliphatic rings. The van der Waals surface area contributed by atoms with Gasteiger partial charge in [-0.2, -0.15) is 0 Å². The van der Waals surface area contributed by atoms with Crippen molar-refractivity contribution in [2.45, 2.75) is 12.8 Å². The average Bonchev–Trinajstić information content (AvgIpc) is 2.74. The van der Waals surface area contributed by atoms with E-state index in [-0.39, 0.29) is 0 Å². The summed E-state index contributed by atoms with van der Waals surface area (Å²) in [5.74, 6) is 0.667. The molecule has 5 rings (SSSR count). The highest BCUT2D eigenvalue weighted by atomic mass is 14.8. The van der Waals surface area contributed by atoms with Crippen molar-refractivity contribution in [1.29, 1.82) is 0 Å². The van der Waals surface area contributed by atoms with Crippen LogP contribution in [0, 0.1) is 5.92 Å². The van der Waals surface area contributed by atoms with Crippen LogP contribution in [0.1, 0.15) is 24.0 Å². The Hall–Kier alpha value is -3.26. The molecule has 0 fully saturated rings. The second-order valence-electron chi connectivity index (χ2n) is 7.15. The zero-order chi connectivity index (χ0) is 18.2. The molecule has 0 saturated carbocycles. The molecule has 2 nitrogen and oxygen atoms in total. The predicted octanol–water partition coefficient (Wildman–Crippen LogP) is 6.39. The minimum absolute atomic E-state index is 0.310. The lowest BCUT2D eigenvalue weighted by atomic mass is 9.79. The largest absolute Gasteiger partial charge is 0.258 e. The molecule has 4 aromatic rings. The lowest BCUT2D eigenvalue weighted by Gasteiger charge is -2.28. The molecule has 2 unspecified atom stereocenters. The Morgan fingerprint density at radius 1 is 0.778 bits per heavy atom. The SMILES string of the molecule is CC1C=Nc2c(ccc3c(-c4ccccc4)ccnc23)C1c1ccccc1. The number of hydrogen-bond acceptors (Lipinski definition) is 2. The summed E-state index contributed by atoms with van der Waals surface area (Å²) in [5, 5.41) is 1.15. The summed E-state index contributed by atoms with van der Waals surface area (Å²) in [6.07, 6.45) is 3.98. The van der Waals surface area contributed by atoms with E-state index in [0.29, 0.717) is 11.8 Å². The van der Waals surface area contributed by atoms with E-state index >= 15 is 0 Å². The van der Waals surface area contributed by atoms with Crippen LogP contribution in [0.5, 0.6) is 0 Å². The van der Waals surface area contributed by atoms with E-state index in [0.717, 1.165) is 16.6 Å². The summed E-state index contributed by atoms with van der Waals surface area (Å²) < 4.78 is 0. The number of rotatable bonds is 2.